The second kappa shape index (κ2) is 7.21. The van der Waals surface area contributed by atoms with Gasteiger partial charge >= 0.3 is 0 Å². The molecule has 1 aromatic carbocycles. The summed E-state index contributed by atoms with van der Waals surface area (Å²) in [5.41, 5.74) is 1.27. The number of hydrogen-bond donors (Lipinski definition) is 1. The molecule has 0 aliphatic carbocycles. The molecular formula is C15H21Br2NO. The lowest BCUT2D eigenvalue weighted by Gasteiger charge is -2.20. The minimum Gasteiger partial charge on any atom is -0.373 e. The average Bonchev–Trinajstić information content (AvgIpc) is 2.80. The molecule has 0 radical (unpaired) electrons. The van der Waals surface area contributed by atoms with Crippen molar-refractivity contribution in [3.63, 3.8) is 0 Å². The van der Waals surface area contributed by atoms with Crippen molar-refractivity contribution in [1.29, 1.82) is 0 Å². The number of ether oxygens (including phenoxy) is 1. The maximum atomic E-state index is 5.93. The van der Waals surface area contributed by atoms with Crippen molar-refractivity contribution in [1.82, 2.24) is 5.32 Å². The molecule has 2 rings (SSSR count). The van der Waals surface area contributed by atoms with Crippen LogP contribution in [-0.4, -0.2) is 19.7 Å². The molecule has 4 heteroatoms. The highest BCUT2D eigenvalue weighted by Gasteiger charge is 2.29. The lowest BCUT2D eigenvalue weighted by molar-refractivity contribution is 0.0903. The molecule has 0 amide bonds. The van der Waals surface area contributed by atoms with Gasteiger partial charge in [-0.1, -0.05) is 19.9 Å². The van der Waals surface area contributed by atoms with Crippen LogP contribution in [0.4, 0.5) is 0 Å². The summed E-state index contributed by atoms with van der Waals surface area (Å²) in [6.07, 6.45) is 1.37. The van der Waals surface area contributed by atoms with Crippen LogP contribution in [-0.2, 0) is 4.74 Å². The molecule has 106 valence electrons. The molecule has 0 spiro atoms. The van der Waals surface area contributed by atoms with Crippen LogP contribution in [0.3, 0.4) is 0 Å². The van der Waals surface area contributed by atoms with Crippen LogP contribution in [0, 0.1) is 11.8 Å². The monoisotopic (exact) mass is 389 g/mol. The van der Waals surface area contributed by atoms with Crippen LogP contribution in [0.5, 0.6) is 0 Å². The maximum Gasteiger partial charge on any atom is 0.0866 e. The van der Waals surface area contributed by atoms with Gasteiger partial charge in [-0.25, -0.2) is 0 Å². The average molecular weight is 391 g/mol. The Morgan fingerprint density at radius 2 is 2.11 bits per heavy atom. The SMILES string of the molecule is CC(C)CNCC1CCOC1c1ccc(Br)c(Br)c1. The summed E-state index contributed by atoms with van der Waals surface area (Å²) in [6, 6.07) is 6.40. The van der Waals surface area contributed by atoms with E-state index in [1.54, 1.807) is 0 Å². The van der Waals surface area contributed by atoms with Crippen LogP contribution in [0.2, 0.25) is 0 Å². The zero-order valence-electron chi connectivity index (χ0n) is 11.5. The Kier molecular flexibility index (Phi) is 5.87. The first kappa shape index (κ1) is 15.5. The van der Waals surface area contributed by atoms with Gasteiger partial charge in [-0.05, 0) is 68.4 Å². The highest BCUT2D eigenvalue weighted by atomic mass is 79.9. The zero-order chi connectivity index (χ0) is 13.8. The van der Waals surface area contributed by atoms with Crippen molar-refractivity contribution < 1.29 is 4.74 Å². The van der Waals surface area contributed by atoms with Gasteiger partial charge in [0.1, 0.15) is 0 Å². The minimum absolute atomic E-state index is 0.226. The number of rotatable bonds is 5. The van der Waals surface area contributed by atoms with Gasteiger partial charge in [0.25, 0.3) is 0 Å². The Labute approximate surface area is 132 Å². The molecule has 1 aliphatic rings. The molecule has 2 unspecified atom stereocenters. The van der Waals surface area contributed by atoms with Gasteiger partial charge in [0.2, 0.25) is 0 Å². The maximum absolute atomic E-state index is 5.93. The summed E-state index contributed by atoms with van der Waals surface area (Å²) in [4.78, 5) is 0. The van der Waals surface area contributed by atoms with E-state index in [1.807, 2.05) is 0 Å². The van der Waals surface area contributed by atoms with Crippen molar-refractivity contribution in [2.24, 2.45) is 11.8 Å². The second-order valence-corrected chi connectivity index (χ2v) is 7.27. The molecule has 0 aromatic heterocycles. The zero-order valence-corrected chi connectivity index (χ0v) is 14.6. The van der Waals surface area contributed by atoms with E-state index in [9.17, 15) is 0 Å². The molecule has 1 aromatic rings. The molecule has 1 aliphatic heterocycles. The van der Waals surface area contributed by atoms with E-state index in [2.05, 4.69) is 69.2 Å². The van der Waals surface area contributed by atoms with Gasteiger partial charge in [-0.2, -0.15) is 0 Å². The van der Waals surface area contributed by atoms with Crippen molar-refractivity contribution in [3.05, 3.63) is 32.7 Å². The number of hydrogen-bond acceptors (Lipinski definition) is 2. The molecular weight excluding hydrogens is 370 g/mol. The fraction of sp³-hybridized carbons (Fsp3) is 0.600. The van der Waals surface area contributed by atoms with E-state index in [0.717, 1.165) is 35.1 Å². The number of nitrogens with one attached hydrogen (secondary N) is 1. The molecule has 2 nitrogen and oxygen atoms in total. The molecule has 0 bridgehead atoms. The Morgan fingerprint density at radius 3 is 2.79 bits per heavy atom. The molecule has 1 fully saturated rings. The van der Waals surface area contributed by atoms with E-state index in [-0.39, 0.29) is 6.10 Å². The third-order valence-corrected chi connectivity index (χ3v) is 5.33. The normalized spacial score (nSPS) is 23.2. The third-order valence-electron chi connectivity index (χ3n) is 3.45. The van der Waals surface area contributed by atoms with Crippen LogP contribution in [0.1, 0.15) is 31.9 Å². The van der Waals surface area contributed by atoms with E-state index in [0.29, 0.717) is 11.8 Å². The third kappa shape index (κ3) is 4.28. The van der Waals surface area contributed by atoms with E-state index < -0.39 is 0 Å². The van der Waals surface area contributed by atoms with Gasteiger partial charge in [-0.3, -0.25) is 0 Å². The van der Waals surface area contributed by atoms with Gasteiger partial charge in [0.05, 0.1) is 6.10 Å². The molecule has 1 heterocycles. The summed E-state index contributed by atoms with van der Waals surface area (Å²) in [7, 11) is 0. The number of halogens is 2. The fourth-order valence-electron chi connectivity index (χ4n) is 2.46. The van der Waals surface area contributed by atoms with Crippen molar-refractivity contribution in [3.8, 4) is 0 Å². The smallest absolute Gasteiger partial charge is 0.0866 e. The lowest BCUT2D eigenvalue weighted by Crippen LogP contribution is -2.27. The largest absolute Gasteiger partial charge is 0.373 e. The summed E-state index contributed by atoms with van der Waals surface area (Å²) in [6.45, 7) is 7.46. The van der Waals surface area contributed by atoms with Gasteiger partial charge in [0.15, 0.2) is 0 Å². The quantitative estimate of drug-likeness (QED) is 0.796. The summed E-state index contributed by atoms with van der Waals surface area (Å²) >= 11 is 7.08. The van der Waals surface area contributed by atoms with Crippen LogP contribution in [0.15, 0.2) is 27.1 Å². The summed E-state index contributed by atoms with van der Waals surface area (Å²) in [5, 5.41) is 3.55. The molecule has 1 saturated heterocycles. The Bertz CT molecular complexity index is 423. The van der Waals surface area contributed by atoms with Crippen LogP contribution < -0.4 is 5.32 Å². The van der Waals surface area contributed by atoms with Crippen molar-refractivity contribution >= 4 is 31.9 Å². The first-order valence-electron chi connectivity index (χ1n) is 6.85. The highest BCUT2D eigenvalue weighted by molar-refractivity contribution is 9.13. The molecule has 19 heavy (non-hydrogen) atoms. The first-order valence-corrected chi connectivity index (χ1v) is 8.43. The van der Waals surface area contributed by atoms with E-state index >= 15 is 0 Å². The Morgan fingerprint density at radius 1 is 1.32 bits per heavy atom. The van der Waals surface area contributed by atoms with Crippen molar-refractivity contribution in [2.75, 3.05) is 19.7 Å². The summed E-state index contributed by atoms with van der Waals surface area (Å²) in [5.74, 6) is 1.27. The summed E-state index contributed by atoms with van der Waals surface area (Å²) < 4.78 is 8.11. The Balaban J connectivity index is 1.99. The Hall–Kier alpha value is 0.1000. The minimum atomic E-state index is 0.226. The second-order valence-electron chi connectivity index (χ2n) is 5.57. The lowest BCUT2D eigenvalue weighted by atomic mass is 9.95. The molecule has 2 atom stereocenters. The number of benzene rings is 1. The van der Waals surface area contributed by atoms with Gasteiger partial charge in [0, 0.05) is 28.0 Å². The highest BCUT2D eigenvalue weighted by Crippen LogP contribution is 2.36. The predicted octanol–water partition coefficient (Wildman–Crippen LogP) is 4.53. The predicted molar refractivity (Wildman–Crippen MR) is 86.3 cm³/mol. The van der Waals surface area contributed by atoms with Crippen LogP contribution in [0.25, 0.3) is 0 Å². The topological polar surface area (TPSA) is 21.3 Å². The standard InChI is InChI=1S/C15H21Br2NO/c1-10(2)8-18-9-12-5-6-19-15(12)11-3-4-13(16)14(17)7-11/h3-4,7,10,12,15,18H,5-6,8-9H2,1-2H3. The van der Waals surface area contributed by atoms with Crippen LogP contribution >= 0.6 is 31.9 Å². The molecule has 1 N–H and O–H groups in total. The van der Waals surface area contributed by atoms with Crippen molar-refractivity contribution in [2.45, 2.75) is 26.4 Å². The van der Waals surface area contributed by atoms with E-state index in [4.69, 9.17) is 4.74 Å². The van der Waals surface area contributed by atoms with Gasteiger partial charge < -0.3 is 10.1 Å². The fourth-order valence-corrected chi connectivity index (χ4v) is 3.10. The van der Waals surface area contributed by atoms with E-state index in [1.165, 1.54) is 5.56 Å². The molecule has 0 saturated carbocycles. The first-order chi connectivity index (χ1) is 9.08. The van der Waals surface area contributed by atoms with Gasteiger partial charge in [-0.15, -0.1) is 0 Å².